The smallest absolute Gasteiger partial charge is 0.282 e. The zero-order valence-corrected chi connectivity index (χ0v) is 24.5. The zero-order valence-electron chi connectivity index (χ0n) is 22.9. The third-order valence-electron chi connectivity index (χ3n) is 7.66. The van der Waals surface area contributed by atoms with Crippen molar-refractivity contribution in [1.82, 2.24) is 19.4 Å². The molecule has 0 aliphatic carbocycles. The van der Waals surface area contributed by atoms with Gasteiger partial charge in [-0.05, 0) is 50.2 Å². The highest BCUT2D eigenvalue weighted by Gasteiger charge is 2.33. The lowest BCUT2D eigenvalue weighted by molar-refractivity contribution is -0.385. The van der Waals surface area contributed by atoms with E-state index in [1.54, 1.807) is 6.07 Å². The van der Waals surface area contributed by atoms with Gasteiger partial charge in [0.2, 0.25) is 10.0 Å². The zero-order chi connectivity index (χ0) is 29.3. The summed E-state index contributed by atoms with van der Waals surface area (Å²) in [5.74, 6) is -2.56. The second-order valence-corrected chi connectivity index (χ2v) is 12.3. The van der Waals surface area contributed by atoms with E-state index in [0.29, 0.717) is 29.6 Å². The molecule has 2 aliphatic heterocycles. The minimum atomic E-state index is -4.24. The molecule has 1 fully saturated rings. The van der Waals surface area contributed by atoms with Crippen LogP contribution in [0.2, 0.25) is 0 Å². The fourth-order valence-electron chi connectivity index (χ4n) is 5.33. The molecule has 0 spiro atoms. The highest BCUT2D eigenvalue weighted by Crippen LogP contribution is 2.30. The lowest BCUT2D eigenvalue weighted by atomic mass is 9.99. The molecule has 1 saturated heterocycles. The van der Waals surface area contributed by atoms with Gasteiger partial charge in [-0.1, -0.05) is 0 Å². The standard InChI is InChI=1S/C27H30F2N6O5S.ClH/c1-32(10-11-33-7-2-3-8-33)20-4-5-22(26(15-20)35(37)38)27(36)16-25-23-17-34(9-6-24(23)30-31-25)41(39,40)21-13-18(28)12-19(29)14-21;/h4-5,12-15H,2-3,6-11,16-17H2,1H3,(H,30,31);1H. The number of carbonyl (C=O) groups excluding carboxylic acids is 1. The molecular weight excluding hydrogens is 594 g/mol. The number of sulfonamides is 1. The lowest BCUT2D eigenvalue weighted by Crippen LogP contribution is -2.36. The monoisotopic (exact) mass is 624 g/mol. The van der Waals surface area contributed by atoms with Crippen molar-refractivity contribution in [2.75, 3.05) is 44.7 Å². The maximum atomic E-state index is 13.7. The van der Waals surface area contributed by atoms with E-state index < -0.39 is 37.3 Å². The first-order valence-electron chi connectivity index (χ1n) is 13.3. The van der Waals surface area contributed by atoms with Crippen LogP contribution >= 0.6 is 12.4 Å². The lowest BCUT2D eigenvalue weighted by Gasteiger charge is -2.26. The third kappa shape index (κ3) is 6.61. The predicted molar refractivity (Wildman–Crippen MR) is 154 cm³/mol. The molecule has 3 heterocycles. The van der Waals surface area contributed by atoms with E-state index in [1.807, 2.05) is 11.9 Å². The number of likely N-dealkylation sites (N-methyl/N-ethyl adjacent to an activating group) is 1. The van der Waals surface area contributed by atoms with Crippen LogP contribution in [0.25, 0.3) is 0 Å². The summed E-state index contributed by atoms with van der Waals surface area (Å²) in [5.41, 5.74) is 1.59. The second-order valence-electron chi connectivity index (χ2n) is 10.3. The van der Waals surface area contributed by atoms with Gasteiger partial charge >= 0.3 is 0 Å². The molecule has 5 rings (SSSR count). The molecule has 15 heteroatoms. The number of fused-ring (bicyclic) bond motifs is 1. The maximum Gasteiger partial charge on any atom is 0.282 e. The number of nitro groups is 1. The van der Waals surface area contributed by atoms with Gasteiger partial charge in [-0.2, -0.15) is 9.40 Å². The molecule has 0 amide bonds. The third-order valence-corrected chi connectivity index (χ3v) is 9.48. The fraction of sp³-hybridized carbons (Fsp3) is 0.407. The number of aromatic amines is 1. The highest BCUT2D eigenvalue weighted by atomic mass is 35.5. The number of halogens is 3. The number of rotatable bonds is 10. The number of anilines is 1. The van der Waals surface area contributed by atoms with Crippen LogP contribution in [-0.4, -0.2) is 78.3 Å². The number of aromatic nitrogens is 2. The number of likely N-dealkylation sites (tertiary alicyclic amines) is 1. The number of benzene rings is 2. The average Bonchev–Trinajstić information content (AvgIpc) is 3.60. The summed E-state index contributed by atoms with van der Waals surface area (Å²) in [6.07, 6.45) is 2.30. The Bertz CT molecular complexity index is 1580. The number of nitrogens with one attached hydrogen (secondary N) is 1. The Kier molecular flexibility index (Phi) is 9.60. The molecule has 42 heavy (non-hydrogen) atoms. The quantitative estimate of drug-likeness (QED) is 0.205. The van der Waals surface area contributed by atoms with Gasteiger partial charge in [-0.3, -0.25) is 20.0 Å². The molecule has 226 valence electrons. The van der Waals surface area contributed by atoms with Gasteiger partial charge in [0, 0.05) is 68.7 Å². The molecule has 11 nitrogen and oxygen atoms in total. The summed E-state index contributed by atoms with van der Waals surface area (Å²) in [4.78, 5) is 28.4. The molecule has 0 radical (unpaired) electrons. The number of H-pyrrole nitrogens is 1. The average molecular weight is 625 g/mol. The van der Waals surface area contributed by atoms with Crippen LogP contribution in [0.3, 0.4) is 0 Å². The van der Waals surface area contributed by atoms with Crippen molar-refractivity contribution in [2.24, 2.45) is 0 Å². The van der Waals surface area contributed by atoms with Crippen molar-refractivity contribution < 1.29 is 26.9 Å². The van der Waals surface area contributed by atoms with Gasteiger partial charge < -0.3 is 9.80 Å². The van der Waals surface area contributed by atoms with Gasteiger partial charge in [0.25, 0.3) is 5.69 Å². The summed E-state index contributed by atoms with van der Waals surface area (Å²) in [7, 11) is -2.38. The van der Waals surface area contributed by atoms with Gasteiger partial charge in [-0.15, -0.1) is 12.4 Å². The van der Waals surface area contributed by atoms with Crippen molar-refractivity contribution in [3.05, 3.63) is 80.7 Å². The van der Waals surface area contributed by atoms with Gasteiger partial charge in [0.15, 0.2) is 5.78 Å². The summed E-state index contributed by atoms with van der Waals surface area (Å²) in [6.45, 7) is 3.50. The Morgan fingerprint density at radius 3 is 2.48 bits per heavy atom. The van der Waals surface area contributed by atoms with E-state index in [-0.39, 0.29) is 55.3 Å². The summed E-state index contributed by atoms with van der Waals surface area (Å²) in [6, 6.07) is 6.60. The van der Waals surface area contributed by atoms with Crippen molar-refractivity contribution in [3.8, 4) is 0 Å². The normalized spacial score (nSPS) is 15.7. The highest BCUT2D eigenvalue weighted by molar-refractivity contribution is 7.89. The van der Waals surface area contributed by atoms with Gasteiger partial charge in [0.1, 0.15) is 11.6 Å². The van der Waals surface area contributed by atoms with Gasteiger partial charge in [-0.25, -0.2) is 17.2 Å². The molecule has 2 aromatic carbocycles. The first-order valence-corrected chi connectivity index (χ1v) is 14.7. The van der Waals surface area contributed by atoms with E-state index in [0.717, 1.165) is 36.1 Å². The molecule has 0 bridgehead atoms. The number of nitro benzene ring substituents is 1. The Morgan fingerprint density at radius 2 is 1.81 bits per heavy atom. The first kappa shape index (κ1) is 31.5. The van der Waals surface area contributed by atoms with E-state index in [2.05, 4.69) is 15.1 Å². The number of ketones is 1. The van der Waals surface area contributed by atoms with E-state index >= 15 is 0 Å². The molecule has 2 aliphatic rings. The molecule has 0 unspecified atom stereocenters. The Balaban J connectivity index is 0.00000405. The minimum absolute atomic E-state index is 0. The number of hydrogen-bond donors (Lipinski definition) is 1. The van der Waals surface area contributed by atoms with Crippen LogP contribution in [0.1, 0.15) is 40.2 Å². The van der Waals surface area contributed by atoms with Crippen LogP contribution in [0.15, 0.2) is 41.3 Å². The summed E-state index contributed by atoms with van der Waals surface area (Å²) in [5, 5.41) is 18.9. The molecule has 1 N–H and O–H groups in total. The topological polar surface area (TPSA) is 133 Å². The largest absolute Gasteiger partial charge is 0.373 e. The van der Waals surface area contributed by atoms with Crippen LogP contribution in [0.4, 0.5) is 20.2 Å². The molecule has 0 atom stereocenters. The SMILES string of the molecule is CN(CCN1CCCC1)c1ccc(C(=O)Cc2n[nH]c3c2CN(S(=O)(=O)c2cc(F)cc(F)c2)CC3)c([N+](=O)[O-])c1.Cl. The summed E-state index contributed by atoms with van der Waals surface area (Å²) >= 11 is 0. The van der Waals surface area contributed by atoms with Crippen LogP contribution in [0.5, 0.6) is 0 Å². The Hall–Kier alpha value is -3.46. The van der Waals surface area contributed by atoms with Crippen molar-refractivity contribution in [3.63, 3.8) is 0 Å². The first-order chi connectivity index (χ1) is 19.5. The number of nitrogens with zero attached hydrogens (tertiary/aromatic N) is 5. The summed E-state index contributed by atoms with van der Waals surface area (Å²) < 4.78 is 54.7. The van der Waals surface area contributed by atoms with Crippen molar-refractivity contribution >= 4 is 39.6 Å². The van der Waals surface area contributed by atoms with E-state index in [4.69, 9.17) is 0 Å². The predicted octanol–water partition coefficient (Wildman–Crippen LogP) is 3.72. The fourth-order valence-corrected chi connectivity index (χ4v) is 6.78. The molecular formula is C27H31ClF2N6O5S. The molecule has 0 saturated carbocycles. The Labute approximate surface area is 248 Å². The second kappa shape index (κ2) is 12.8. The van der Waals surface area contributed by atoms with Crippen LogP contribution in [0, 0.1) is 21.7 Å². The minimum Gasteiger partial charge on any atom is -0.373 e. The van der Waals surface area contributed by atoms with Crippen molar-refractivity contribution in [1.29, 1.82) is 0 Å². The number of Topliss-reactive ketones (excluding diaryl/α,β-unsaturated/α-hetero) is 1. The molecule has 3 aromatic rings. The van der Waals surface area contributed by atoms with Crippen LogP contribution < -0.4 is 4.90 Å². The molecule has 1 aromatic heterocycles. The van der Waals surface area contributed by atoms with Crippen molar-refractivity contribution in [2.45, 2.75) is 37.1 Å². The number of carbonyl (C=O) groups is 1. The Morgan fingerprint density at radius 1 is 1.12 bits per heavy atom. The van der Waals surface area contributed by atoms with Gasteiger partial charge in [0.05, 0.1) is 27.5 Å². The van der Waals surface area contributed by atoms with E-state index in [9.17, 15) is 32.1 Å². The van der Waals surface area contributed by atoms with Crippen LogP contribution in [-0.2, 0) is 29.4 Å². The number of hydrogen-bond acceptors (Lipinski definition) is 8. The van der Waals surface area contributed by atoms with E-state index in [1.165, 1.54) is 25.0 Å². The maximum absolute atomic E-state index is 13.7.